The molecular formula is C13H12BrN3O. The molecule has 5 heteroatoms. The minimum absolute atomic E-state index is 0.178. The number of nitrogen functional groups attached to an aromatic ring is 1. The fourth-order valence-electron chi connectivity index (χ4n) is 1.43. The van der Waals surface area contributed by atoms with Crippen LogP contribution >= 0.6 is 15.9 Å². The highest BCUT2D eigenvalue weighted by molar-refractivity contribution is 9.10. The summed E-state index contributed by atoms with van der Waals surface area (Å²) >= 11 is 3.33. The number of aromatic nitrogens is 2. The molecule has 0 saturated carbocycles. The average Bonchev–Trinajstić information content (AvgIpc) is 2.36. The van der Waals surface area contributed by atoms with Crippen LogP contribution in [-0.2, 0) is 0 Å². The van der Waals surface area contributed by atoms with Crippen molar-refractivity contribution in [3.63, 3.8) is 0 Å². The van der Waals surface area contributed by atoms with Crippen LogP contribution in [0, 0.1) is 0 Å². The summed E-state index contributed by atoms with van der Waals surface area (Å²) in [5, 5.41) is 0. The minimum Gasteiger partial charge on any atom is -0.437 e. The number of anilines is 1. The molecule has 0 aliphatic carbocycles. The number of nitrogens with zero attached hydrogens (tertiary/aromatic N) is 2. The van der Waals surface area contributed by atoms with Gasteiger partial charge in [0.05, 0.1) is 10.7 Å². The highest BCUT2D eigenvalue weighted by Crippen LogP contribution is 2.30. The monoisotopic (exact) mass is 305 g/mol. The first-order valence-electron chi connectivity index (χ1n) is 5.38. The van der Waals surface area contributed by atoms with Gasteiger partial charge in [0.15, 0.2) is 0 Å². The summed E-state index contributed by atoms with van der Waals surface area (Å²) in [6, 6.07) is 7.69. The zero-order valence-electron chi connectivity index (χ0n) is 9.80. The zero-order valence-corrected chi connectivity index (χ0v) is 11.4. The second kappa shape index (κ2) is 5.64. The van der Waals surface area contributed by atoms with Crippen molar-refractivity contribution < 1.29 is 4.74 Å². The number of ether oxygens (including phenoxy) is 1. The summed E-state index contributed by atoms with van der Waals surface area (Å²) in [6.07, 6.45) is 5.48. The molecule has 0 radical (unpaired) electrons. The number of nitrogens with two attached hydrogens (primary N) is 1. The van der Waals surface area contributed by atoms with E-state index in [9.17, 15) is 0 Å². The summed E-state index contributed by atoms with van der Waals surface area (Å²) in [5.41, 5.74) is 6.52. The molecule has 1 heterocycles. The normalized spacial score (nSPS) is 10.8. The molecule has 2 rings (SSSR count). The van der Waals surface area contributed by atoms with Crippen molar-refractivity contribution in [1.29, 1.82) is 0 Å². The zero-order chi connectivity index (χ0) is 13.0. The SMILES string of the molecule is C/C=C/c1ccccc1Oc1nc(N)ncc1Br. The van der Waals surface area contributed by atoms with Crippen LogP contribution in [0.2, 0.25) is 0 Å². The van der Waals surface area contributed by atoms with Gasteiger partial charge in [-0.15, -0.1) is 0 Å². The van der Waals surface area contributed by atoms with Crippen LogP contribution < -0.4 is 10.5 Å². The summed E-state index contributed by atoms with van der Waals surface area (Å²) in [6.45, 7) is 1.95. The number of rotatable bonds is 3. The van der Waals surface area contributed by atoms with E-state index >= 15 is 0 Å². The molecule has 92 valence electrons. The third-order valence-electron chi connectivity index (χ3n) is 2.20. The Morgan fingerprint density at radius 1 is 1.33 bits per heavy atom. The van der Waals surface area contributed by atoms with Crippen LogP contribution in [0.15, 0.2) is 41.0 Å². The molecule has 1 aromatic carbocycles. The van der Waals surface area contributed by atoms with Crippen molar-refractivity contribution in [2.75, 3.05) is 5.73 Å². The smallest absolute Gasteiger partial charge is 0.238 e. The van der Waals surface area contributed by atoms with Crippen molar-refractivity contribution in [2.45, 2.75) is 6.92 Å². The van der Waals surface area contributed by atoms with E-state index in [2.05, 4.69) is 25.9 Å². The van der Waals surface area contributed by atoms with Gasteiger partial charge in [-0.1, -0.05) is 30.4 Å². The maximum atomic E-state index is 5.74. The van der Waals surface area contributed by atoms with E-state index in [1.165, 1.54) is 0 Å². The van der Waals surface area contributed by atoms with Gasteiger partial charge in [0.25, 0.3) is 0 Å². The van der Waals surface area contributed by atoms with E-state index in [-0.39, 0.29) is 5.95 Å². The first-order chi connectivity index (χ1) is 8.70. The van der Waals surface area contributed by atoms with Gasteiger partial charge in [-0.3, -0.25) is 0 Å². The fraction of sp³-hybridized carbons (Fsp3) is 0.0769. The minimum atomic E-state index is 0.178. The molecule has 2 aromatic rings. The van der Waals surface area contributed by atoms with Crippen LogP contribution in [-0.4, -0.2) is 9.97 Å². The van der Waals surface area contributed by atoms with Gasteiger partial charge in [-0.05, 0) is 28.9 Å². The highest BCUT2D eigenvalue weighted by Gasteiger charge is 2.08. The van der Waals surface area contributed by atoms with E-state index in [0.29, 0.717) is 10.4 Å². The van der Waals surface area contributed by atoms with Crippen molar-refractivity contribution >= 4 is 28.0 Å². The first kappa shape index (κ1) is 12.6. The Morgan fingerprint density at radius 2 is 2.11 bits per heavy atom. The Labute approximate surface area is 114 Å². The van der Waals surface area contributed by atoms with E-state index in [1.54, 1.807) is 6.20 Å². The number of halogens is 1. The molecule has 0 saturated heterocycles. The van der Waals surface area contributed by atoms with Crippen LogP contribution in [0.1, 0.15) is 12.5 Å². The van der Waals surface area contributed by atoms with Gasteiger partial charge >= 0.3 is 0 Å². The first-order valence-corrected chi connectivity index (χ1v) is 6.17. The quantitative estimate of drug-likeness (QED) is 0.940. The Balaban J connectivity index is 2.36. The Morgan fingerprint density at radius 3 is 2.89 bits per heavy atom. The van der Waals surface area contributed by atoms with Gasteiger partial charge in [0.2, 0.25) is 11.8 Å². The summed E-state index contributed by atoms with van der Waals surface area (Å²) in [4.78, 5) is 7.91. The average molecular weight is 306 g/mol. The number of para-hydroxylation sites is 1. The summed E-state index contributed by atoms with van der Waals surface area (Å²) < 4.78 is 6.40. The Bertz CT molecular complexity index is 584. The maximum Gasteiger partial charge on any atom is 0.238 e. The predicted octanol–water partition coefficient (Wildman–Crippen LogP) is 3.65. The summed E-state index contributed by atoms with van der Waals surface area (Å²) in [5.74, 6) is 1.30. The molecular weight excluding hydrogens is 294 g/mol. The topological polar surface area (TPSA) is 61.0 Å². The van der Waals surface area contributed by atoms with Crippen molar-refractivity contribution in [1.82, 2.24) is 9.97 Å². The van der Waals surface area contributed by atoms with Gasteiger partial charge in [0.1, 0.15) is 5.75 Å². The van der Waals surface area contributed by atoms with Crippen LogP contribution in [0.4, 0.5) is 5.95 Å². The predicted molar refractivity (Wildman–Crippen MR) is 75.4 cm³/mol. The summed E-state index contributed by atoms with van der Waals surface area (Å²) in [7, 11) is 0. The second-order valence-corrected chi connectivity index (χ2v) is 4.38. The highest BCUT2D eigenvalue weighted by atomic mass is 79.9. The molecule has 0 fully saturated rings. The number of hydrogen-bond acceptors (Lipinski definition) is 4. The van der Waals surface area contributed by atoms with Crippen LogP contribution in [0.5, 0.6) is 11.6 Å². The Kier molecular flexibility index (Phi) is 3.94. The molecule has 0 unspecified atom stereocenters. The van der Waals surface area contributed by atoms with Gasteiger partial charge in [0, 0.05) is 5.56 Å². The molecule has 0 bridgehead atoms. The number of allylic oxidation sites excluding steroid dienone is 1. The third kappa shape index (κ3) is 2.87. The molecule has 2 N–H and O–H groups in total. The molecule has 0 aliphatic rings. The third-order valence-corrected chi connectivity index (χ3v) is 2.75. The standard InChI is InChI=1S/C13H12BrN3O/c1-2-5-9-6-3-4-7-11(9)18-12-10(14)8-16-13(15)17-12/h2-8H,1H3,(H2,15,16,17)/b5-2+. The number of benzene rings is 1. The molecule has 0 amide bonds. The molecule has 0 atom stereocenters. The second-order valence-electron chi connectivity index (χ2n) is 3.52. The van der Waals surface area contributed by atoms with Crippen LogP contribution in [0.25, 0.3) is 6.08 Å². The van der Waals surface area contributed by atoms with Gasteiger partial charge < -0.3 is 10.5 Å². The van der Waals surface area contributed by atoms with E-state index in [4.69, 9.17) is 10.5 Å². The molecule has 4 nitrogen and oxygen atoms in total. The van der Waals surface area contributed by atoms with E-state index < -0.39 is 0 Å². The van der Waals surface area contributed by atoms with E-state index in [0.717, 1.165) is 11.3 Å². The van der Waals surface area contributed by atoms with E-state index in [1.807, 2.05) is 43.3 Å². The molecule has 0 aliphatic heterocycles. The largest absolute Gasteiger partial charge is 0.437 e. The lowest BCUT2D eigenvalue weighted by atomic mass is 10.2. The van der Waals surface area contributed by atoms with Crippen molar-refractivity contribution in [2.24, 2.45) is 0 Å². The van der Waals surface area contributed by atoms with Crippen molar-refractivity contribution in [3.8, 4) is 11.6 Å². The lowest BCUT2D eigenvalue weighted by molar-refractivity contribution is 0.458. The molecule has 0 spiro atoms. The lowest BCUT2D eigenvalue weighted by Crippen LogP contribution is -1.98. The fourth-order valence-corrected chi connectivity index (χ4v) is 1.70. The van der Waals surface area contributed by atoms with Crippen LogP contribution in [0.3, 0.4) is 0 Å². The molecule has 18 heavy (non-hydrogen) atoms. The number of hydrogen-bond donors (Lipinski definition) is 1. The maximum absolute atomic E-state index is 5.74. The van der Waals surface area contributed by atoms with Crippen molar-refractivity contribution in [3.05, 3.63) is 46.6 Å². The molecule has 1 aromatic heterocycles. The Hall–Kier alpha value is -1.88. The van der Waals surface area contributed by atoms with Gasteiger partial charge in [-0.25, -0.2) is 4.98 Å². The lowest BCUT2D eigenvalue weighted by Gasteiger charge is -2.09. The van der Waals surface area contributed by atoms with Gasteiger partial charge in [-0.2, -0.15) is 4.98 Å².